The Labute approximate surface area is 76.2 Å². The number of nitrogen functional groups attached to an aromatic ring is 1. The third kappa shape index (κ3) is 2.45. The van der Waals surface area contributed by atoms with Crippen LogP contribution in [0.4, 0.5) is 5.69 Å². The van der Waals surface area contributed by atoms with E-state index in [0.717, 1.165) is 5.56 Å². The van der Waals surface area contributed by atoms with Crippen LogP contribution in [0.5, 0.6) is 0 Å². The number of hydrogen-bond acceptors (Lipinski definition) is 3. The molecule has 0 amide bonds. The fraction of sp³-hybridized carbons (Fsp3) is 0.222. The van der Waals surface area contributed by atoms with Crippen molar-refractivity contribution in [1.29, 1.82) is 0 Å². The highest BCUT2D eigenvalue weighted by Gasteiger charge is 2.05. The van der Waals surface area contributed by atoms with E-state index in [0.29, 0.717) is 17.8 Å². The van der Waals surface area contributed by atoms with Gasteiger partial charge in [-0.3, -0.25) is 4.79 Å². The van der Waals surface area contributed by atoms with E-state index in [-0.39, 0.29) is 6.42 Å². The normalized spacial score (nSPS) is 9.92. The molecule has 13 heavy (non-hydrogen) atoms. The second-order valence-electron chi connectivity index (χ2n) is 2.80. The Hall–Kier alpha value is -1.55. The largest absolute Gasteiger partial charge is 0.481 e. The molecule has 0 unspecified atom stereocenters. The second kappa shape index (κ2) is 3.91. The molecule has 4 heteroatoms. The van der Waals surface area contributed by atoms with Gasteiger partial charge in [0.1, 0.15) is 0 Å². The quantitative estimate of drug-likeness (QED) is 0.586. The van der Waals surface area contributed by atoms with Crippen LogP contribution >= 0.6 is 0 Å². The standard InChI is InChI=1S/C9H12N2O2/c10-5-6-1-2-8(11)3-7(6)4-9(12)13/h1-3H,4-5,10-11H2,(H,12,13). The van der Waals surface area contributed by atoms with Crippen molar-refractivity contribution in [2.45, 2.75) is 13.0 Å². The van der Waals surface area contributed by atoms with Gasteiger partial charge in [0.25, 0.3) is 0 Å². The predicted molar refractivity (Wildman–Crippen MR) is 50.1 cm³/mol. The Balaban J connectivity index is 3.01. The number of carbonyl (C=O) groups is 1. The molecule has 0 saturated heterocycles. The first-order chi connectivity index (χ1) is 6.13. The van der Waals surface area contributed by atoms with Crippen LogP contribution in [0.15, 0.2) is 18.2 Å². The molecule has 1 aromatic rings. The number of hydrogen-bond donors (Lipinski definition) is 3. The van der Waals surface area contributed by atoms with Gasteiger partial charge in [-0.05, 0) is 23.3 Å². The summed E-state index contributed by atoms with van der Waals surface area (Å²) < 4.78 is 0. The third-order valence-electron chi connectivity index (χ3n) is 1.79. The van der Waals surface area contributed by atoms with Crippen molar-refractivity contribution < 1.29 is 9.90 Å². The molecule has 0 spiro atoms. The zero-order valence-electron chi connectivity index (χ0n) is 7.16. The molecule has 0 atom stereocenters. The average molecular weight is 180 g/mol. The van der Waals surface area contributed by atoms with E-state index in [4.69, 9.17) is 16.6 Å². The van der Waals surface area contributed by atoms with Crippen LogP contribution in [0.3, 0.4) is 0 Å². The SMILES string of the molecule is NCc1ccc(N)cc1CC(=O)O. The lowest BCUT2D eigenvalue weighted by Crippen LogP contribution is -2.07. The minimum atomic E-state index is -0.875. The van der Waals surface area contributed by atoms with Gasteiger partial charge in [0, 0.05) is 12.2 Å². The summed E-state index contributed by atoms with van der Waals surface area (Å²) in [5, 5.41) is 8.60. The Kier molecular flexibility index (Phi) is 2.87. The molecule has 0 aliphatic rings. The molecule has 5 N–H and O–H groups in total. The molecule has 70 valence electrons. The lowest BCUT2D eigenvalue weighted by atomic mass is 10.0. The number of nitrogens with two attached hydrogens (primary N) is 2. The van der Waals surface area contributed by atoms with Crippen molar-refractivity contribution in [3.05, 3.63) is 29.3 Å². The molecule has 0 aliphatic carbocycles. The summed E-state index contributed by atoms with van der Waals surface area (Å²) in [5.41, 5.74) is 13.1. The summed E-state index contributed by atoms with van der Waals surface area (Å²) >= 11 is 0. The molecule has 0 aliphatic heterocycles. The predicted octanol–water partition coefficient (Wildman–Crippen LogP) is 0.355. The lowest BCUT2D eigenvalue weighted by Gasteiger charge is -2.05. The fourth-order valence-electron chi connectivity index (χ4n) is 1.17. The van der Waals surface area contributed by atoms with E-state index in [1.165, 1.54) is 0 Å². The topological polar surface area (TPSA) is 89.3 Å². The highest BCUT2D eigenvalue weighted by atomic mass is 16.4. The molecule has 1 rings (SSSR count). The first-order valence-corrected chi connectivity index (χ1v) is 3.92. The molecule has 0 heterocycles. The van der Waals surface area contributed by atoms with Crippen LogP contribution in [0.2, 0.25) is 0 Å². The first-order valence-electron chi connectivity index (χ1n) is 3.92. The maximum absolute atomic E-state index is 10.5. The van der Waals surface area contributed by atoms with Crippen molar-refractivity contribution in [1.82, 2.24) is 0 Å². The summed E-state index contributed by atoms with van der Waals surface area (Å²) in [6, 6.07) is 5.12. The second-order valence-corrected chi connectivity index (χ2v) is 2.80. The van der Waals surface area contributed by atoms with E-state index in [1.54, 1.807) is 18.2 Å². The van der Waals surface area contributed by atoms with Gasteiger partial charge < -0.3 is 16.6 Å². The maximum Gasteiger partial charge on any atom is 0.307 e. The number of aliphatic carboxylic acids is 1. The van der Waals surface area contributed by atoms with Gasteiger partial charge in [0.05, 0.1) is 6.42 Å². The van der Waals surface area contributed by atoms with Crippen molar-refractivity contribution >= 4 is 11.7 Å². The molecular weight excluding hydrogens is 168 g/mol. The molecule has 0 saturated carbocycles. The summed E-state index contributed by atoms with van der Waals surface area (Å²) in [5.74, 6) is -0.875. The Bertz CT molecular complexity index is 323. The van der Waals surface area contributed by atoms with Crippen LogP contribution in [-0.4, -0.2) is 11.1 Å². The summed E-state index contributed by atoms with van der Waals surface area (Å²) in [6.45, 7) is 0.336. The zero-order chi connectivity index (χ0) is 9.84. The Morgan fingerprint density at radius 2 is 2.08 bits per heavy atom. The number of carboxylic acids is 1. The van der Waals surface area contributed by atoms with E-state index >= 15 is 0 Å². The number of anilines is 1. The molecule has 0 aromatic heterocycles. The van der Waals surface area contributed by atoms with E-state index < -0.39 is 5.97 Å². The monoisotopic (exact) mass is 180 g/mol. The van der Waals surface area contributed by atoms with Gasteiger partial charge in [-0.25, -0.2) is 0 Å². The van der Waals surface area contributed by atoms with E-state index in [9.17, 15) is 4.79 Å². The molecule has 0 fully saturated rings. The summed E-state index contributed by atoms with van der Waals surface area (Å²) in [6.07, 6.45) is -0.0302. The molecular formula is C9H12N2O2. The maximum atomic E-state index is 10.5. The van der Waals surface area contributed by atoms with Gasteiger partial charge in [-0.2, -0.15) is 0 Å². The third-order valence-corrected chi connectivity index (χ3v) is 1.79. The number of rotatable bonds is 3. The minimum absolute atomic E-state index is 0.0302. The van der Waals surface area contributed by atoms with Crippen molar-refractivity contribution in [2.24, 2.45) is 5.73 Å². The molecule has 1 aromatic carbocycles. The van der Waals surface area contributed by atoms with E-state index in [1.807, 2.05) is 0 Å². The number of carboxylic acid groups (broad SMARTS) is 1. The van der Waals surface area contributed by atoms with Crippen LogP contribution in [0.25, 0.3) is 0 Å². The first kappa shape index (κ1) is 9.54. The van der Waals surface area contributed by atoms with Gasteiger partial charge >= 0.3 is 5.97 Å². The Morgan fingerprint density at radius 3 is 2.62 bits per heavy atom. The average Bonchev–Trinajstić information content (AvgIpc) is 2.03. The fourth-order valence-corrected chi connectivity index (χ4v) is 1.17. The van der Waals surface area contributed by atoms with E-state index in [2.05, 4.69) is 0 Å². The summed E-state index contributed by atoms with van der Waals surface area (Å²) in [4.78, 5) is 10.5. The summed E-state index contributed by atoms with van der Waals surface area (Å²) in [7, 11) is 0. The van der Waals surface area contributed by atoms with Crippen LogP contribution < -0.4 is 11.5 Å². The van der Waals surface area contributed by atoms with Gasteiger partial charge in [0.2, 0.25) is 0 Å². The highest BCUT2D eigenvalue weighted by molar-refractivity contribution is 5.71. The molecule has 4 nitrogen and oxygen atoms in total. The van der Waals surface area contributed by atoms with Crippen LogP contribution in [0, 0.1) is 0 Å². The van der Waals surface area contributed by atoms with Gasteiger partial charge in [0.15, 0.2) is 0 Å². The smallest absolute Gasteiger partial charge is 0.307 e. The van der Waals surface area contributed by atoms with Gasteiger partial charge in [-0.15, -0.1) is 0 Å². The lowest BCUT2D eigenvalue weighted by molar-refractivity contribution is -0.136. The minimum Gasteiger partial charge on any atom is -0.481 e. The zero-order valence-corrected chi connectivity index (χ0v) is 7.16. The van der Waals surface area contributed by atoms with Crippen LogP contribution in [0.1, 0.15) is 11.1 Å². The van der Waals surface area contributed by atoms with Crippen molar-refractivity contribution in [2.75, 3.05) is 5.73 Å². The highest BCUT2D eigenvalue weighted by Crippen LogP contribution is 2.13. The Morgan fingerprint density at radius 1 is 1.38 bits per heavy atom. The molecule has 0 radical (unpaired) electrons. The van der Waals surface area contributed by atoms with Crippen molar-refractivity contribution in [3.8, 4) is 0 Å². The van der Waals surface area contributed by atoms with Crippen LogP contribution in [-0.2, 0) is 17.8 Å². The van der Waals surface area contributed by atoms with Gasteiger partial charge in [-0.1, -0.05) is 6.07 Å². The van der Waals surface area contributed by atoms with Crippen molar-refractivity contribution in [3.63, 3.8) is 0 Å². The number of benzene rings is 1. The molecule has 0 bridgehead atoms.